The predicted octanol–water partition coefficient (Wildman–Crippen LogP) is 0.702. The van der Waals surface area contributed by atoms with Crippen molar-refractivity contribution in [1.82, 2.24) is 20.2 Å². The van der Waals surface area contributed by atoms with Crippen LogP contribution in [0.2, 0.25) is 0 Å². The number of methoxy groups -OCH3 is 1. The Morgan fingerprint density at radius 3 is 2.94 bits per heavy atom. The van der Waals surface area contributed by atoms with E-state index in [1.807, 2.05) is 0 Å². The fourth-order valence-electron chi connectivity index (χ4n) is 1.48. The number of benzene rings is 1. The lowest BCUT2D eigenvalue weighted by Gasteiger charge is -2.09. The van der Waals surface area contributed by atoms with Gasteiger partial charge in [0.25, 0.3) is 0 Å². The van der Waals surface area contributed by atoms with Gasteiger partial charge in [0.05, 0.1) is 38.0 Å². The number of anilines is 1. The van der Waals surface area contributed by atoms with Crippen molar-refractivity contribution in [2.75, 3.05) is 12.4 Å². The molecule has 1 aromatic heterocycles. The Labute approximate surface area is 104 Å². The first-order valence-corrected chi connectivity index (χ1v) is 5.28. The normalized spacial score (nSPS) is 9.83. The maximum Gasteiger partial charge on any atom is 0.193 e. The van der Waals surface area contributed by atoms with Gasteiger partial charge in [-0.3, -0.25) is 0 Å². The summed E-state index contributed by atoms with van der Waals surface area (Å²) in [7, 11) is 3.26. The van der Waals surface area contributed by atoms with E-state index in [0.717, 1.165) is 5.69 Å². The summed E-state index contributed by atoms with van der Waals surface area (Å²) in [5.74, 6) is 1.20. The summed E-state index contributed by atoms with van der Waals surface area (Å²) in [5.41, 5.74) is 1.33. The highest BCUT2D eigenvalue weighted by molar-refractivity contribution is 5.59. The van der Waals surface area contributed by atoms with E-state index in [1.165, 1.54) is 4.80 Å². The van der Waals surface area contributed by atoms with Crippen LogP contribution in [-0.4, -0.2) is 27.3 Å². The number of nitriles is 1. The molecule has 1 heterocycles. The minimum atomic E-state index is 0.441. The molecule has 0 fully saturated rings. The largest absolute Gasteiger partial charge is 0.495 e. The first-order chi connectivity index (χ1) is 8.72. The summed E-state index contributed by atoms with van der Waals surface area (Å²) < 4.78 is 5.21. The Balaban J connectivity index is 2.12. The molecule has 2 aromatic rings. The van der Waals surface area contributed by atoms with Crippen LogP contribution in [0.1, 0.15) is 11.4 Å². The topological polar surface area (TPSA) is 88.6 Å². The van der Waals surface area contributed by atoms with Crippen molar-refractivity contribution < 1.29 is 4.74 Å². The molecule has 0 unspecified atom stereocenters. The van der Waals surface area contributed by atoms with Gasteiger partial charge in [0.2, 0.25) is 0 Å². The van der Waals surface area contributed by atoms with Crippen molar-refractivity contribution in [1.29, 1.82) is 5.26 Å². The van der Waals surface area contributed by atoms with E-state index in [4.69, 9.17) is 10.00 Å². The first kappa shape index (κ1) is 11.9. The summed E-state index contributed by atoms with van der Waals surface area (Å²) >= 11 is 0. The third kappa shape index (κ3) is 2.55. The maximum atomic E-state index is 8.80. The third-order valence-electron chi connectivity index (χ3n) is 2.32. The zero-order chi connectivity index (χ0) is 13.0. The van der Waals surface area contributed by atoms with Gasteiger partial charge in [-0.2, -0.15) is 10.1 Å². The number of ether oxygens (including phenoxy) is 1. The van der Waals surface area contributed by atoms with Crippen molar-refractivity contribution in [3.8, 4) is 11.8 Å². The standard InChI is InChI=1S/C11H12N6O/c1-17-15-11(14-16-17)7-13-9-4-3-8(6-12)5-10(9)18-2/h3-5,13H,7H2,1-2H3. The van der Waals surface area contributed by atoms with Gasteiger partial charge in [-0.1, -0.05) is 0 Å². The Kier molecular flexibility index (Phi) is 3.38. The van der Waals surface area contributed by atoms with Crippen LogP contribution in [0.25, 0.3) is 0 Å². The SMILES string of the molecule is COc1cc(C#N)ccc1NCc1nnn(C)n1. The summed E-state index contributed by atoms with van der Waals surface area (Å²) in [6.45, 7) is 0.441. The highest BCUT2D eigenvalue weighted by Crippen LogP contribution is 2.25. The summed E-state index contributed by atoms with van der Waals surface area (Å²) in [5, 5.41) is 23.6. The van der Waals surface area contributed by atoms with Crippen LogP contribution in [-0.2, 0) is 13.6 Å². The Bertz CT molecular complexity index is 585. The molecule has 0 atom stereocenters. The fraction of sp³-hybridized carbons (Fsp3) is 0.273. The minimum absolute atomic E-state index is 0.441. The first-order valence-electron chi connectivity index (χ1n) is 5.28. The monoisotopic (exact) mass is 244 g/mol. The second-order valence-electron chi connectivity index (χ2n) is 3.58. The minimum Gasteiger partial charge on any atom is -0.495 e. The van der Waals surface area contributed by atoms with Gasteiger partial charge in [-0.25, -0.2) is 0 Å². The third-order valence-corrected chi connectivity index (χ3v) is 2.32. The molecule has 0 aliphatic carbocycles. The molecule has 2 rings (SSSR count). The summed E-state index contributed by atoms with van der Waals surface area (Å²) in [6, 6.07) is 7.24. The number of aromatic nitrogens is 4. The molecular formula is C11H12N6O. The van der Waals surface area contributed by atoms with Crippen LogP contribution in [0.5, 0.6) is 5.75 Å². The fourth-order valence-corrected chi connectivity index (χ4v) is 1.48. The van der Waals surface area contributed by atoms with Gasteiger partial charge < -0.3 is 10.1 Å². The van der Waals surface area contributed by atoms with Crippen LogP contribution >= 0.6 is 0 Å². The van der Waals surface area contributed by atoms with Crippen molar-refractivity contribution in [2.45, 2.75) is 6.54 Å². The van der Waals surface area contributed by atoms with E-state index >= 15 is 0 Å². The lowest BCUT2D eigenvalue weighted by atomic mass is 10.2. The molecule has 0 amide bonds. The smallest absolute Gasteiger partial charge is 0.193 e. The van der Waals surface area contributed by atoms with Crippen LogP contribution in [0.15, 0.2) is 18.2 Å². The number of hydrogen-bond acceptors (Lipinski definition) is 6. The van der Waals surface area contributed by atoms with E-state index in [2.05, 4.69) is 26.8 Å². The summed E-state index contributed by atoms with van der Waals surface area (Å²) in [4.78, 5) is 1.40. The van der Waals surface area contributed by atoms with E-state index in [1.54, 1.807) is 32.4 Å². The van der Waals surface area contributed by atoms with E-state index in [0.29, 0.717) is 23.7 Å². The number of nitrogens with zero attached hydrogens (tertiary/aromatic N) is 5. The van der Waals surface area contributed by atoms with Gasteiger partial charge in [0, 0.05) is 6.07 Å². The van der Waals surface area contributed by atoms with Gasteiger partial charge in [0.1, 0.15) is 5.75 Å². The number of nitrogens with one attached hydrogen (secondary N) is 1. The number of hydrogen-bond donors (Lipinski definition) is 1. The lowest BCUT2D eigenvalue weighted by molar-refractivity contribution is 0.416. The van der Waals surface area contributed by atoms with Gasteiger partial charge in [-0.05, 0) is 17.3 Å². The van der Waals surface area contributed by atoms with Crippen molar-refractivity contribution >= 4 is 5.69 Å². The molecule has 1 N–H and O–H groups in total. The molecule has 0 radical (unpaired) electrons. The highest BCUT2D eigenvalue weighted by atomic mass is 16.5. The molecule has 18 heavy (non-hydrogen) atoms. The lowest BCUT2D eigenvalue weighted by Crippen LogP contribution is -2.03. The second kappa shape index (κ2) is 5.14. The van der Waals surface area contributed by atoms with Crippen molar-refractivity contribution in [3.63, 3.8) is 0 Å². The number of tetrazole rings is 1. The van der Waals surface area contributed by atoms with Gasteiger partial charge in [-0.15, -0.1) is 10.2 Å². The Morgan fingerprint density at radius 2 is 2.33 bits per heavy atom. The average Bonchev–Trinajstić information content (AvgIpc) is 2.82. The van der Waals surface area contributed by atoms with Crippen LogP contribution in [0.3, 0.4) is 0 Å². The van der Waals surface area contributed by atoms with Gasteiger partial charge in [0.15, 0.2) is 5.82 Å². The van der Waals surface area contributed by atoms with E-state index < -0.39 is 0 Å². The van der Waals surface area contributed by atoms with Gasteiger partial charge >= 0.3 is 0 Å². The van der Waals surface area contributed by atoms with Crippen molar-refractivity contribution in [2.24, 2.45) is 7.05 Å². The molecule has 0 aliphatic heterocycles. The molecule has 92 valence electrons. The molecule has 1 aromatic carbocycles. The molecule has 0 bridgehead atoms. The molecule has 7 heteroatoms. The molecule has 0 spiro atoms. The van der Waals surface area contributed by atoms with Crippen LogP contribution in [0.4, 0.5) is 5.69 Å². The zero-order valence-corrected chi connectivity index (χ0v) is 10.1. The zero-order valence-electron chi connectivity index (χ0n) is 10.1. The number of rotatable bonds is 4. The summed E-state index contributed by atoms with van der Waals surface area (Å²) in [6.07, 6.45) is 0. The van der Waals surface area contributed by atoms with E-state index in [9.17, 15) is 0 Å². The molecule has 0 aliphatic rings. The molecular weight excluding hydrogens is 232 g/mol. The molecule has 0 saturated heterocycles. The maximum absolute atomic E-state index is 8.80. The molecule has 0 saturated carbocycles. The van der Waals surface area contributed by atoms with E-state index in [-0.39, 0.29) is 0 Å². The quantitative estimate of drug-likeness (QED) is 0.851. The predicted molar refractivity (Wildman–Crippen MR) is 63.8 cm³/mol. The highest BCUT2D eigenvalue weighted by Gasteiger charge is 2.06. The second-order valence-corrected chi connectivity index (χ2v) is 3.58. The van der Waals surface area contributed by atoms with Crippen LogP contribution < -0.4 is 10.1 Å². The molecule has 7 nitrogen and oxygen atoms in total. The Hall–Kier alpha value is -2.62. The number of aryl methyl sites for hydroxylation is 1. The van der Waals surface area contributed by atoms with Crippen molar-refractivity contribution in [3.05, 3.63) is 29.6 Å². The van der Waals surface area contributed by atoms with Crippen LogP contribution in [0, 0.1) is 11.3 Å². The average molecular weight is 244 g/mol. The Morgan fingerprint density at radius 1 is 1.50 bits per heavy atom.